The van der Waals surface area contributed by atoms with E-state index >= 15 is 0 Å². The minimum absolute atomic E-state index is 0.0195. The van der Waals surface area contributed by atoms with Crippen LogP contribution >= 0.6 is 11.3 Å². The summed E-state index contributed by atoms with van der Waals surface area (Å²) in [4.78, 5) is 23.2. The van der Waals surface area contributed by atoms with Crippen molar-refractivity contribution in [3.8, 4) is 0 Å². The van der Waals surface area contributed by atoms with Crippen molar-refractivity contribution in [2.75, 3.05) is 5.32 Å². The summed E-state index contributed by atoms with van der Waals surface area (Å²) in [7, 11) is 0. The molecule has 0 aliphatic heterocycles. The maximum Gasteiger partial charge on any atom is 0.471 e. The number of amides is 2. The molecule has 0 fully saturated rings. The first kappa shape index (κ1) is 17.7. The van der Waals surface area contributed by atoms with Crippen LogP contribution in [0.4, 0.5) is 18.9 Å². The number of hydrogen-bond donors (Lipinski definition) is 2. The van der Waals surface area contributed by atoms with Crippen LogP contribution < -0.4 is 10.7 Å². The summed E-state index contributed by atoms with van der Waals surface area (Å²) in [5.41, 5.74) is 3.18. The van der Waals surface area contributed by atoms with Crippen LogP contribution in [0.2, 0.25) is 0 Å². The van der Waals surface area contributed by atoms with Crippen LogP contribution in [0.25, 0.3) is 0 Å². The van der Waals surface area contributed by atoms with Gasteiger partial charge in [-0.1, -0.05) is 18.2 Å². The molecule has 126 valence electrons. The van der Waals surface area contributed by atoms with Crippen LogP contribution in [0.3, 0.4) is 0 Å². The van der Waals surface area contributed by atoms with Crippen molar-refractivity contribution in [3.63, 3.8) is 0 Å². The van der Waals surface area contributed by atoms with Gasteiger partial charge < -0.3 is 5.32 Å². The highest BCUT2D eigenvalue weighted by Crippen LogP contribution is 2.19. The van der Waals surface area contributed by atoms with E-state index in [-0.39, 0.29) is 11.6 Å². The highest BCUT2D eigenvalue weighted by atomic mass is 32.1. The Morgan fingerprint density at radius 1 is 1.17 bits per heavy atom. The molecule has 2 aromatic rings. The largest absolute Gasteiger partial charge is 0.471 e. The molecule has 2 N–H and O–H groups in total. The van der Waals surface area contributed by atoms with E-state index in [0.717, 1.165) is 0 Å². The molecule has 5 nitrogen and oxygen atoms in total. The summed E-state index contributed by atoms with van der Waals surface area (Å²) in [6, 6.07) is 9.09. The van der Waals surface area contributed by atoms with Gasteiger partial charge in [0, 0.05) is 5.69 Å². The van der Waals surface area contributed by atoms with Gasteiger partial charge in [-0.25, -0.2) is 5.43 Å². The molecule has 0 aliphatic rings. The van der Waals surface area contributed by atoms with Crippen molar-refractivity contribution in [1.82, 2.24) is 5.43 Å². The summed E-state index contributed by atoms with van der Waals surface area (Å²) in [6.07, 6.45) is -4.96. The zero-order valence-corrected chi connectivity index (χ0v) is 13.2. The van der Waals surface area contributed by atoms with Crippen molar-refractivity contribution in [2.24, 2.45) is 5.10 Å². The summed E-state index contributed by atoms with van der Waals surface area (Å²) in [5.74, 6) is -2.44. The second-order valence-electron chi connectivity index (χ2n) is 4.65. The monoisotopic (exact) mass is 355 g/mol. The number of nitrogens with zero attached hydrogens (tertiary/aromatic N) is 1. The minimum Gasteiger partial charge on any atom is -0.318 e. The van der Waals surface area contributed by atoms with Gasteiger partial charge >= 0.3 is 12.1 Å². The van der Waals surface area contributed by atoms with Crippen LogP contribution in [-0.2, 0) is 4.79 Å². The maximum absolute atomic E-state index is 12.3. The predicted molar refractivity (Wildman–Crippen MR) is 85.1 cm³/mol. The summed E-state index contributed by atoms with van der Waals surface area (Å²) in [6.45, 7) is 1.58. The fourth-order valence-electron chi connectivity index (χ4n) is 1.69. The molecule has 1 aromatic carbocycles. The van der Waals surface area contributed by atoms with Crippen molar-refractivity contribution in [3.05, 3.63) is 52.2 Å². The molecule has 9 heteroatoms. The molecule has 0 unspecified atom stereocenters. The third-order valence-corrected chi connectivity index (χ3v) is 3.73. The number of hydrogen-bond acceptors (Lipinski definition) is 4. The Bertz CT molecular complexity index is 771. The first-order chi connectivity index (χ1) is 11.3. The maximum atomic E-state index is 12.3. The number of nitrogens with one attached hydrogen (secondary N) is 2. The molecular weight excluding hydrogens is 343 g/mol. The molecule has 0 spiro atoms. The molecule has 0 saturated heterocycles. The first-order valence-electron chi connectivity index (χ1n) is 6.64. The van der Waals surface area contributed by atoms with Crippen molar-refractivity contribution in [2.45, 2.75) is 13.1 Å². The Labute approximate surface area is 139 Å². The molecule has 0 bridgehead atoms. The SMILES string of the molecule is C/C(=N/NC(=O)c1cccs1)c1cccc(NC(=O)C(F)(F)F)c1. The van der Waals surface area contributed by atoms with E-state index in [1.54, 1.807) is 35.8 Å². The van der Waals surface area contributed by atoms with Gasteiger partial charge in [-0.15, -0.1) is 11.3 Å². The Kier molecular flexibility index (Phi) is 5.35. The predicted octanol–water partition coefficient (Wildman–Crippen LogP) is 3.40. The normalized spacial score (nSPS) is 11.9. The molecule has 0 radical (unpaired) electrons. The van der Waals surface area contributed by atoms with Crippen molar-refractivity contribution < 1.29 is 22.8 Å². The average Bonchev–Trinajstić information content (AvgIpc) is 3.06. The summed E-state index contributed by atoms with van der Waals surface area (Å²) >= 11 is 1.25. The lowest BCUT2D eigenvalue weighted by atomic mass is 10.1. The zero-order chi connectivity index (χ0) is 17.7. The van der Waals surface area contributed by atoms with E-state index < -0.39 is 12.1 Å². The number of anilines is 1. The lowest BCUT2D eigenvalue weighted by molar-refractivity contribution is -0.167. The molecule has 24 heavy (non-hydrogen) atoms. The number of alkyl halides is 3. The van der Waals surface area contributed by atoms with Gasteiger partial charge in [-0.3, -0.25) is 9.59 Å². The lowest BCUT2D eigenvalue weighted by Gasteiger charge is -2.09. The molecule has 2 rings (SSSR count). The standard InChI is InChI=1S/C15H12F3N3O2S/c1-9(20-21-13(22)12-6-3-7-24-12)10-4-2-5-11(8-10)19-14(23)15(16,17)18/h2-8H,1H3,(H,19,23)(H,21,22)/b20-9-. The number of carbonyl (C=O) groups excluding carboxylic acids is 2. The Hall–Kier alpha value is -2.68. The fraction of sp³-hybridized carbons (Fsp3) is 0.133. The van der Waals surface area contributed by atoms with Gasteiger partial charge in [-0.2, -0.15) is 18.3 Å². The number of carbonyl (C=O) groups is 2. The van der Waals surface area contributed by atoms with Crippen molar-refractivity contribution in [1.29, 1.82) is 0 Å². The molecule has 0 aliphatic carbocycles. The Morgan fingerprint density at radius 2 is 1.92 bits per heavy atom. The van der Waals surface area contributed by atoms with Crippen LogP contribution in [0.1, 0.15) is 22.2 Å². The highest BCUT2D eigenvalue weighted by molar-refractivity contribution is 7.12. The average molecular weight is 355 g/mol. The van der Waals surface area contributed by atoms with E-state index in [1.807, 2.05) is 0 Å². The third-order valence-electron chi connectivity index (χ3n) is 2.87. The summed E-state index contributed by atoms with van der Waals surface area (Å²) < 4.78 is 36.8. The number of rotatable bonds is 4. The minimum atomic E-state index is -4.96. The molecule has 1 heterocycles. The topological polar surface area (TPSA) is 70.6 Å². The first-order valence-corrected chi connectivity index (χ1v) is 7.52. The van der Waals surface area contributed by atoms with E-state index in [2.05, 4.69) is 10.5 Å². The highest BCUT2D eigenvalue weighted by Gasteiger charge is 2.38. The number of hydrazone groups is 1. The van der Waals surface area contributed by atoms with E-state index in [0.29, 0.717) is 16.2 Å². The van der Waals surface area contributed by atoms with Crippen LogP contribution in [0, 0.1) is 0 Å². The van der Waals surface area contributed by atoms with Gasteiger partial charge in [0.2, 0.25) is 0 Å². The van der Waals surface area contributed by atoms with E-state index in [1.165, 1.54) is 29.5 Å². The van der Waals surface area contributed by atoms with E-state index in [4.69, 9.17) is 0 Å². The van der Waals surface area contributed by atoms with Crippen LogP contribution in [0.15, 0.2) is 46.9 Å². The molecule has 1 aromatic heterocycles. The van der Waals surface area contributed by atoms with E-state index in [9.17, 15) is 22.8 Å². The number of thiophene rings is 1. The quantitative estimate of drug-likeness (QED) is 0.652. The number of halogens is 3. The van der Waals surface area contributed by atoms with Crippen LogP contribution in [0.5, 0.6) is 0 Å². The molecule has 0 saturated carbocycles. The summed E-state index contributed by atoms with van der Waals surface area (Å²) in [5, 5.41) is 7.42. The molecule has 0 atom stereocenters. The van der Waals surface area contributed by atoms with Gasteiger partial charge in [0.05, 0.1) is 10.6 Å². The Morgan fingerprint density at radius 3 is 2.54 bits per heavy atom. The van der Waals surface area contributed by atoms with Gasteiger partial charge in [-0.05, 0) is 36.1 Å². The second kappa shape index (κ2) is 7.26. The van der Waals surface area contributed by atoms with Gasteiger partial charge in [0.15, 0.2) is 0 Å². The third kappa shape index (κ3) is 4.66. The zero-order valence-electron chi connectivity index (χ0n) is 12.3. The molecule has 2 amide bonds. The fourth-order valence-corrected chi connectivity index (χ4v) is 2.30. The second-order valence-corrected chi connectivity index (χ2v) is 5.60. The number of benzene rings is 1. The van der Waals surface area contributed by atoms with Gasteiger partial charge in [0.25, 0.3) is 5.91 Å². The Balaban J connectivity index is 2.08. The molecular formula is C15H12F3N3O2S. The van der Waals surface area contributed by atoms with Crippen LogP contribution in [-0.4, -0.2) is 23.7 Å². The lowest BCUT2D eigenvalue weighted by Crippen LogP contribution is -2.29. The van der Waals surface area contributed by atoms with Crippen molar-refractivity contribution >= 4 is 34.6 Å². The van der Waals surface area contributed by atoms with Gasteiger partial charge in [0.1, 0.15) is 0 Å². The smallest absolute Gasteiger partial charge is 0.318 e.